The van der Waals surface area contributed by atoms with Crippen LogP contribution in [-0.4, -0.2) is 53.4 Å². The van der Waals surface area contributed by atoms with E-state index in [0.717, 1.165) is 10.5 Å². The van der Waals surface area contributed by atoms with Crippen LogP contribution >= 0.6 is 11.8 Å². The molecule has 178 valence electrons. The number of aromatic nitrogens is 1. The highest BCUT2D eigenvalue weighted by Gasteiger charge is 2.32. The number of benzodiazepines with no additional fused rings is 1. The van der Waals surface area contributed by atoms with E-state index in [4.69, 9.17) is 0 Å². The van der Waals surface area contributed by atoms with E-state index in [9.17, 15) is 14.4 Å². The highest BCUT2D eigenvalue weighted by Crippen LogP contribution is 2.26. The van der Waals surface area contributed by atoms with E-state index in [0.29, 0.717) is 17.1 Å². The molecular formula is C26H25N5O3S. The summed E-state index contributed by atoms with van der Waals surface area (Å²) in [5, 5.41) is 5.37. The number of anilines is 1. The van der Waals surface area contributed by atoms with Crippen molar-refractivity contribution in [2.75, 3.05) is 17.7 Å². The fourth-order valence-electron chi connectivity index (χ4n) is 3.60. The third kappa shape index (κ3) is 5.75. The lowest BCUT2D eigenvalue weighted by Crippen LogP contribution is -2.52. The number of para-hydroxylation sites is 1. The molecule has 2 N–H and O–H groups in total. The third-order valence-corrected chi connectivity index (χ3v) is 6.43. The first-order valence-corrected chi connectivity index (χ1v) is 12.1. The van der Waals surface area contributed by atoms with Crippen LogP contribution in [0, 0.1) is 0 Å². The summed E-state index contributed by atoms with van der Waals surface area (Å²) in [5.41, 5.74) is 2.48. The van der Waals surface area contributed by atoms with Gasteiger partial charge in [-0.1, -0.05) is 42.5 Å². The number of amides is 3. The topological polar surface area (TPSA) is 104 Å². The van der Waals surface area contributed by atoms with Gasteiger partial charge in [0.2, 0.25) is 18.0 Å². The van der Waals surface area contributed by atoms with Gasteiger partial charge in [0.15, 0.2) is 0 Å². The van der Waals surface area contributed by atoms with Crippen LogP contribution in [0.25, 0.3) is 0 Å². The summed E-state index contributed by atoms with van der Waals surface area (Å²) in [6, 6.07) is 21.5. The molecule has 0 radical (unpaired) electrons. The number of carbonyl (C=O) groups is 3. The van der Waals surface area contributed by atoms with Gasteiger partial charge in [0.25, 0.3) is 5.91 Å². The third-order valence-electron chi connectivity index (χ3n) is 5.41. The molecule has 3 amide bonds. The largest absolute Gasteiger partial charge is 0.344 e. The Morgan fingerprint density at radius 3 is 2.49 bits per heavy atom. The van der Waals surface area contributed by atoms with Gasteiger partial charge in [-0.2, -0.15) is 0 Å². The average Bonchev–Trinajstić information content (AvgIpc) is 2.99. The van der Waals surface area contributed by atoms with Gasteiger partial charge in [-0.05, 0) is 37.3 Å². The van der Waals surface area contributed by atoms with Gasteiger partial charge in [0.05, 0.1) is 22.8 Å². The number of thioether (sulfide) groups is 1. The molecule has 35 heavy (non-hydrogen) atoms. The van der Waals surface area contributed by atoms with Crippen LogP contribution in [-0.2, 0) is 14.4 Å². The summed E-state index contributed by atoms with van der Waals surface area (Å²) in [6.07, 6.45) is 0.477. The van der Waals surface area contributed by atoms with Crippen molar-refractivity contribution in [1.29, 1.82) is 0 Å². The molecule has 2 aromatic carbocycles. The van der Waals surface area contributed by atoms with Gasteiger partial charge in [-0.3, -0.25) is 19.4 Å². The number of fused-ring (bicyclic) bond motifs is 1. The number of pyridine rings is 1. The zero-order valence-corrected chi connectivity index (χ0v) is 20.2. The van der Waals surface area contributed by atoms with Crippen molar-refractivity contribution >= 4 is 40.9 Å². The van der Waals surface area contributed by atoms with Crippen molar-refractivity contribution in [2.45, 2.75) is 24.0 Å². The van der Waals surface area contributed by atoms with Gasteiger partial charge in [0, 0.05) is 23.7 Å². The normalized spacial score (nSPS) is 15.9. The van der Waals surface area contributed by atoms with Crippen LogP contribution in [0.5, 0.6) is 0 Å². The summed E-state index contributed by atoms with van der Waals surface area (Å²) in [4.78, 5) is 49.9. The van der Waals surface area contributed by atoms with Crippen molar-refractivity contribution in [2.24, 2.45) is 4.99 Å². The Bertz CT molecular complexity index is 1250. The molecule has 9 heteroatoms. The van der Waals surface area contributed by atoms with Gasteiger partial charge in [-0.15, -0.1) is 11.8 Å². The molecule has 0 aliphatic carbocycles. The van der Waals surface area contributed by atoms with Crippen molar-refractivity contribution < 1.29 is 14.4 Å². The minimum Gasteiger partial charge on any atom is -0.344 e. The summed E-state index contributed by atoms with van der Waals surface area (Å²) >= 11 is 1.38. The predicted molar refractivity (Wildman–Crippen MR) is 136 cm³/mol. The molecule has 0 saturated heterocycles. The number of nitrogens with one attached hydrogen (secondary N) is 2. The minimum absolute atomic E-state index is 0.171. The molecule has 4 rings (SSSR count). The lowest BCUT2D eigenvalue weighted by atomic mass is 10.0. The highest BCUT2D eigenvalue weighted by molar-refractivity contribution is 8.00. The van der Waals surface area contributed by atoms with Crippen LogP contribution in [0.1, 0.15) is 18.2 Å². The van der Waals surface area contributed by atoms with Crippen LogP contribution < -0.4 is 15.5 Å². The molecule has 0 saturated carbocycles. The number of likely N-dealkylation sites (N-methyl/N-ethyl adjacent to an activating group) is 1. The summed E-state index contributed by atoms with van der Waals surface area (Å²) < 4.78 is 0. The van der Waals surface area contributed by atoms with Crippen molar-refractivity contribution in [3.63, 3.8) is 0 Å². The highest BCUT2D eigenvalue weighted by atomic mass is 32.2. The molecular weight excluding hydrogens is 462 g/mol. The Kier molecular flexibility index (Phi) is 7.57. The molecule has 2 heterocycles. The van der Waals surface area contributed by atoms with Crippen LogP contribution in [0.4, 0.5) is 5.69 Å². The number of carbonyl (C=O) groups excluding carboxylic acids is 3. The van der Waals surface area contributed by atoms with E-state index in [-0.39, 0.29) is 11.7 Å². The number of hydrogen-bond donors (Lipinski definition) is 2. The molecule has 1 aliphatic rings. The van der Waals surface area contributed by atoms with E-state index >= 15 is 0 Å². The van der Waals surface area contributed by atoms with E-state index in [1.54, 1.807) is 32.3 Å². The minimum atomic E-state index is -1.17. The van der Waals surface area contributed by atoms with Crippen LogP contribution in [0.15, 0.2) is 88.9 Å². The van der Waals surface area contributed by atoms with Gasteiger partial charge in [-0.25, -0.2) is 4.99 Å². The number of nitrogens with zero attached hydrogens (tertiary/aromatic N) is 3. The quantitative estimate of drug-likeness (QED) is 0.499. The first-order valence-electron chi connectivity index (χ1n) is 11.1. The Balaban J connectivity index is 1.49. The second-order valence-corrected chi connectivity index (χ2v) is 8.96. The van der Waals surface area contributed by atoms with Crippen LogP contribution in [0.2, 0.25) is 0 Å². The smallest absolute Gasteiger partial charge is 0.272 e. The number of aliphatic imine (C=N–C) groups is 1. The Hall–Kier alpha value is -3.98. The van der Waals surface area contributed by atoms with Gasteiger partial charge in [0.1, 0.15) is 6.04 Å². The summed E-state index contributed by atoms with van der Waals surface area (Å²) in [6.45, 7) is 1.57. The number of hydrogen-bond acceptors (Lipinski definition) is 6. The molecule has 8 nitrogen and oxygen atoms in total. The van der Waals surface area contributed by atoms with Gasteiger partial charge >= 0.3 is 0 Å². The fourth-order valence-corrected chi connectivity index (χ4v) is 4.33. The Morgan fingerprint density at radius 2 is 1.74 bits per heavy atom. The van der Waals surface area contributed by atoms with E-state index < -0.39 is 24.0 Å². The lowest BCUT2D eigenvalue weighted by Gasteiger charge is -2.22. The van der Waals surface area contributed by atoms with Crippen LogP contribution in [0.3, 0.4) is 0 Å². The molecule has 2 atom stereocenters. The van der Waals surface area contributed by atoms with E-state index in [2.05, 4.69) is 20.6 Å². The van der Waals surface area contributed by atoms with E-state index in [1.807, 2.05) is 60.7 Å². The first-order chi connectivity index (χ1) is 16.9. The van der Waals surface area contributed by atoms with Crippen molar-refractivity contribution in [1.82, 2.24) is 15.6 Å². The van der Waals surface area contributed by atoms with Crippen molar-refractivity contribution in [3.05, 3.63) is 90.3 Å². The molecule has 1 unspecified atom stereocenters. The Labute approximate surface area is 207 Å². The maximum Gasteiger partial charge on any atom is 0.272 e. The number of benzene rings is 2. The molecule has 3 aromatic rings. The monoisotopic (exact) mass is 487 g/mol. The molecule has 0 bridgehead atoms. The fraction of sp³-hybridized carbons (Fsp3) is 0.192. The summed E-state index contributed by atoms with van der Waals surface area (Å²) in [5.74, 6) is -1.01. The van der Waals surface area contributed by atoms with Gasteiger partial charge < -0.3 is 15.5 Å². The molecule has 1 aliphatic heterocycles. The maximum absolute atomic E-state index is 13.2. The second kappa shape index (κ2) is 11.0. The predicted octanol–water partition coefficient (Wildman–Crippen LogP) is 2.63. The second-order valence-electron chi connectivity index (χ2n) is 7.91. The zero-order valence-electron chi connectivity index (χ0n) is 19.3. The SMILES string of the molecule is C[C@H](NC(=O)CSc1ccccc1)C(=O)NC1N=C(c2ccccn2)c2ccccc2N(C)C1=O. The molecule has 0 fully saturated rings. The van der Waals surface area contributed by atoms with Crippen molar-refractivity contribution in [3.8, 4) is 0 Å². The molecule has 0 spiro atoms. The first kappa shape index (κ1) is 24.2. The zero-order chi connectivity index (χ0) is 24.8. The summed E-state index contributed by atoms with van der Waals surface area (Å²) in [7, 11) is 1.64. The maximum atomic E-state index is 13.2. The lowest BCUT2D eigenvalue weighted by molar-refractivity contribution is -0.130. The number of rotatable bonds is 7. The van der Waals surface area contributed by atoms with E-state index in [1.165, 1.54) is 16.7 Å². The molecule has 1 aromatic heterocycles. The standard InChI is InChI=1S/C26H25N5O3S/c1-17(28-22(32)16-35-18-10-4-3-5-11-18)25(33)30-24-26(34)31(2)21-14-7-6-12-19(21)23(29-24)20-13-8-9-15-27-20/h3-15,17,24H,16H2,1-2H3,(H,28,32)(H,30,33)/t17-,24?/m0/s1. The Morgan fingerprint density at radius 1 is 1.03 bits per heavy atom. The average molecular weight is 488 g/mol.